The van der Waals surface area contributed by atoms with E-state index in [1.165, 1.54) is 0 Å². The number of benzene rings is 1. The van der Waals surface area contributed by atoms with E-state index in [2.05, 4.69) is 0 Å². The van der Waals surface area contributed by atoms with Crippen molar-refractivity contribution in [3.63, 3.8) is 0 Å². The van der Waals surface area contributed by atoms with Crippen LogP contribution < -0.4 is 0 Å². The van der Waals surface area contributed by atoms with Crippen LogP contribution in [0.3, 0.4) is 0 Å². The third kappa shape index (κ3) is 1.55. The molecule has 0 aliphatic rings. The zero-order valence-electron chi connectivity index (χ0n) is 5.90. The summed E-state index contributed by atoms with van der Waals surface area (Å²) in [6.07, 6.45) is 0.664. The predicted molar refractivity (Wildman–Crippen MR) is 46.6 cm³/mol. The molecule has 0 saturated carbocycles. The summed E-state index contributed by atoms with van der Waals surface area (Å²) in [6.45, 7) is 1.83. The molecule has 0 aliphatic carbocycles. The van der Waals surface area contributed by atoms with E-state index in [1.54, 1.807) is 12.1 Å². The van der Waals surface area contributed by atoms with Crippen molar-refractivity contribution in [3.8, 4) is 0 Å². The molecule has 1 aromatic rings. The Morgan fingerprint density at radius 2 is 2.00 bits per heavy atom. The number of rotatable bonds is 1. The van der Waals surface area contributed by atoms with Gasteiger partial charge in [-0.2, -0.15) is 0 Å². The van der Waals surface area contributed by atoms with Crippen LogP contribution in [0, 0.1) is 6.92 Å². The lowest BCUT2D eigenvalue weighted by molar-refractivity contribution is 0.112. The number of aryl methyl sites for hydroxylation is 1. The largest absolute Gasteiger partial charge is 0.298 e. The first kappa shape index (κ1) is 8.57. The highest BCUT2D eigenvalue weighted by Crippen LogP contribution is 2.25. The van der Waals surface area contributed by atoms with Crippen LogP contribution in [0.1, 0.15) is 15.9 Å². The summed E-state index contributed by atoms with van der Waals surface area (Å²) in [5.74, 6) is 0. The second kappa shape index (κ2) is 3.24. The number of carbonyl (C=O) groups is 1. The quantitative estimate of drug-likeness (QED) is 0.620. The molecule has 0 radical (unpaired) electrons. The molecular formula is C8H6Cl2O. The highest BCUT2D eigenvalue weighted by atomic mass is 35.5. The third-order valence-electron chi connectivity index (χ3n) is 1.44. The van der Waals surface area contributed by atoms with Crippen molar-refractivity contribution in [2.24, 2.45) is 0 Å². The maximum absolute atomic E-state index is 10.4. The second-order valence-corrected chi connectivity index (χ2v) is 2.99. The summed E-state index contributed by atoms with van der Waals surface area (Å²) >= 11 is 11.5. The van der Waals surface area contributed by atoms with E-state index >= 15 is 0 Å². The number of hydrogen-bond donors (Lipinski definition) is 0. The predicted octanol–water partition coefficient (Wildman–Crippen LogP) is 3.11. The monoisotopic (exact) mass is 188 g/mol. The van der Waals surface area contributed by atoms with E-state index in [4.69, 9.17) is 23.2 Å². The number of aldehydes is 1. The second-order valence-electron chi connectivity index (χ2n) is 2.21. The van der Waals surface area contributed by atoms with Crippen molar-refractivity contribution in [2.75, 3.05) is 0 Å². The first-order chi connectivity index (χ1) is 5.16. The van der Waals surface area contributed by atoms with Crippen molar-refractivity contribution >= 4 is 29.5 Å². The fourth-order valence-corrected chi connectivity index (χ4v) is 1.25. The first-order valence-electron chi connectivity index (χ1n) is 3.06. The summed E-state index contributed by atoms with van der Waals surface area (Å²) in [5, 5.41) is 0.836. The van der Waals surface area contributed by atoms with Gasteiger partial charge in [0.15, 0.2) is 6.29 Å². The molecule has 3 heteroatoms. The van der Waals surface area contributed by atoms with E-state index in [-0.39, 0.29) is 0 Å². The van der Waals surface area contributed by atoms with Crippen molar-refractivity contribution in [2.45, 2.75) is 6.92 Å². The maximum Gasteiger partial charge on any atom is 0.153 e. The van der Waals surface area contributed by atoms with Crippen LogP contribution in [0.2, 0.25) is 10.0 Å². The molecule has 0 atom stereocenters. The van der Waals surface area contributed by atoms with Crippen LogP contribution in [0.25, 0.3) is 0 Å². The molecular weight excluding hydrogens is 183 g/mol. The molecule has 0 spiro atoms. The minimum Gasteiger partial charge on any atom is -0.298 e. The van der Waals surface area contributed by atoms with Gasteiger partial charge >= 0.3 is 0 Å². The Hall–Kier alpha value is -0.530. The molecule has 0 heterocycles. The van der Waals surface area contributed by atoms with Gasteiger partial charge in [-0.3, -0.25) is 4.79 Å². The van der Waals surface area contributed by atoms with Crippen LogP contribution >= 0.6 is 23.2 Å². The normalized spacial score (nSPS) is 9.73. The Kier molecular flexibility index (Phi) is 2.53. The van der Waals surface area contributed by atoms with Crippen LogP contribution in [0.4, 0.5) is 0 Å². The minimum atomic E-state index is 0.369. The van der Waals surface area contributed by atoms with Gasteiger partial charge in [0.2, 0.25) is 0 Å². The Balaban J connectivity index is 3.40. The fraction of sp³-hybridized carbons (Fsp3) is 0.125. The van der Waals surface area contributed by atoms with Gasteiger partial charge in [0.05, 0.1) is 15.6 Å². The van der Waals surface area contributed by atoms with Crippen LogP contribution in [-0.2, 0) is 0 Å². The van der Waals surface area contributed by atoms with Gasteiger partial charge in [-0.05, 0) is 18.6 Å². The van der Waals surface area contributed by atoms with Crippen LogP contribution in [-0.4, -0.2) is 6.29 Å². The van der Waals surface area contributed by atoms with Crippen molar-refractivity contribution in [1.29, 1.82) is 0 Å². The maximum atomic E-state index is 10.4. The Labute approximate surface area is 74.9 Å². The molecule has 0 aromatic heterocycles. The van der Waals surface area contributed by atoms with Gasteiger partial charge < -0.3 is 0 Å². The van der Waals surface area contributed by atoms with Gasteiger partial charge in [-0.1, -0.05) is 29.3 Å². The average molecular weight is 189 g/mol. The molecule has 11 heavy (non-hydrogen) atoms. The molecule has 0 saturated heterocycles. The highest BCUT2D eigenvalue weighted by Gasteiger charge is 2.05. The van der Waals surface area contributed by atoms with Crippen LogP contribution in [0.15, 0.2) is 12.1 Å². The summed E-state index contributed by atoms with van der Waals surface area (Å²) in [7, 11) is 0. The third-order valence-corrected chi connectivity index (χ3v) is 2.27. The average Bonchev–Trinajstić information content (AvgIpc) is 1.99. The molecule has 1 nitrogen and oxygen atoms in total. The number of carbonyl (C=O) groups excluding carboxylic acids is 1. The summed E-state index contributed by atoms with van der Waals surface area (Å²) < 4.78 is 0. The standard InChI is InChI=1S/C8H6Cl2O/c1-5-2-3-7(9)6(4-11)8(5)10/h2-4H,1H3. The van der Waals surface area contributed by atoms with Crippen molar-refractivity contribution in [1.82, 2.24) is 0 Å². The van der Waals surface area contributed by atoms with E-state index in [0.29, 0.717) is 21.9 Å². The first-order valence-corrected chi connectivity index (χ1v) is 3.82. The minimum absolute atomic E-state index is 0.369. The zero-order chi connectivity index (χ0) is 8.43. The number of halogens is 2. The summed E-state index contributed by atoms with van der Waals surface area (Å²) in [5.41, 5.74) is 1.23. The van der Waals surface area contributed by atoms with Gasteiger partial charge in [0.25, 0.3) is 0 Å². The molecule has 0 aliphatic heterocycles. The van der Waals surface area contributed by atoms with Gasteiger partial charge in [-0.15, -0.1) is 0 Å². The Morgan fingerprint density at radius 1 is 1.36 bits per heavy atom. The van der Waals surface area contributed by atoms with Gasteiger partial charge in [0.1, 0.15) is 0 Å². The van der Waals surface area contributed by atoms with Gasteiger partial charge in [-0.25, -0.2) is 0 Å². The molecule has 0 N–H and O–H groups in total. The van der Waals surface area contributed by atoms with Gasteiger partial charge in [0, 0.05) is 0 Å². The smallest absolute Gasteiger partial charge is 0.153 e. The Morgan fingerprint density at radius 3 is 2.45 bits per heavy atom. The summed E-state index contributed by atoms with van der Waals surface area (Å²) in [6, 6.07) is 3.43. The molecule has 0 unspecified atom stereocenters. The van der Waals surface area contributed by atoms with E-state index in [1.807, 2.05) is 6.92 Å². The lowest BCUT2D eigenvalue weighted by Gasteiger charge is -2.01. The molecule has 0 fully saturated rings. The van der Waals surface area contributed by atoms with Crippen molar-refractivity contribution < 1.29 is 4.79 Å². The lowest BCUT2D eigenvalue weighted by atomic mass is 10.1. The van der Waals surface area contributed by atoms with E-state index in [0.717, 1.165) is 5.56 Å². The SMILES string of the molecule is Cc1ccc(Cl)c(C=O)c1Cl. The van der Waals surface area contributed by atoms with E-state index in [9.17, 15) is 4.79 Å². The van der Waals surface area contributed by atoms with Crippen molar-refractivity contribution in [3.05, 3.63) is 33.3 Å². The summed E-state index contributed by atoms with van der Waals surface area (Å²) in [4.78, 5) is 10.4. The molecule has 58 valence electrons. The molecule has 1 rings (SSSR count). The topological polar surface area (TPSA) is 17.1 Å². The molecule has 0 bridgehead atoms. The zero-order valence-corrected chi connectivity index (χ0v) is 7.41. The number of hydrogen-bond acceptors (Lipinski definition) is 1. The highest BCUT2D eigenvalue weighted by molar-refractivity contribution is 6.38. The van der Waals surface area contributed by atoms with E-state index < -0.39 is 0 Å². The lowest BCUT2D eigenvalue weighted by Crippen LogP contribution is -1.86. The Bertz CT molecular complexity index is 294. The molecule has 1 aromatic carbocycles. The fourth-order valence-electron chi connectivity index (χ4n) is 0.786. The van der Waals surface area contributed by atoms with Crippen LogP contribution in [0.5, 0.6) is 0 Å². The molecule has 0 amide bonds.